The van der Waals surface area contributed by atoms with Crippen molar-refractivity contribution >= 4 is 20.8 Å². The van der Waals surface area contributed by atoms with Crippen LogP contribution in [0.25, 0.3) is 6.08 Å². The van der Waals surface area contributed by atoms with Gasteiger partial charge in [0, 0.05) is 31.4 Å². The highest BCUT2D eigenvalue weighted by Crippen LogP contribution is 2.34. The first-order valence-electron chi connectivity index (χ1n) is 13.0. The first-order valence-corrected chi connectivity index (χ1v) is 14.8. The zero-order chi connectivity index (χ0) is 25.1. The number of rotatable bonds is 20. The summed E-state index contributed by atoms with van der Waals surface area (Å²) in [4.78, 5) is 12.0. The highest BCUT2D eigenvalue weighted by molar-refractivity contribution is 6.62. The molecule has 0 saturated heterocycles. The molecule has 0 radical (unpaired) electrons. The Morgan fingerprint density at radius 1 is 0.853 bits per heavy atom. The van der Waals surface area contributed by atoms with E-state index >= 15 is 0 Å². The van der Waals surface area contributed by atoms with Crippen LogP contribution < -0.4 is 4.74 Å². The van der Waals surface area contributed by atoms with Gasteiger partial charge in [-0.3, -0.25) is 0 Å². The van der Waals surface area contributed by atoms with Crippen molar-refractivity contribution in [3.05, 3.63) is 35.9 Å². The molecule has 0 fully saturated rings. The summed E-state index contributed by atoms with van der Waals surface area (Å²) < 4.78 is 29.2. The van der Waals surface area contributed by atoms with Crippen LogP contribution in [0.15, 0.2) is 30.3 Å². The van der Waals surface area contributed by atoms with Gasteiger partial charge in [-0.1, -0.05) is 45.2 Å². The minimum atomic E-state index is -2.67. The number of hydrogen-bond acceptors (Lipinski definition) is 6. The van der Waals surface area contributed by atoms with Crippen molar-refractivity contribution in [2.45, 2.75) is 85.1 Å². The van der Waals surface area contributed by atoms with Crippen molar-refractivity contribution in [2.24, 2.45) is 0 Å². The minimum Gasteiger partial charge on any atom is -0.494 e. The summed E-state index contributed by atoms with van der Waals surface area (Å²) in [6.45, 7) is 13.2. The molecule has 0 N–H and O–H groups in total. The summed E-state index contributed by atoms with van der Waals surface area (Å²) in [6.07, 6.45) is 10.2. The molecule has 34 heavy (non-hydrogen) atoms. The van der Waals surface area contributed by atoms with E-state index < -0.39 is 8.80 Å². The van der Waals surface area contributed by atoms with E-state index in [4.69, 9.17) is 22.8 Å². The van der Waals surface area contributed by atoms with Crippen molar-refractivity contribution in [1.29, 1.82) is 0 Å². The van der Waals surface area contributed by atoms with Gasteiger partial charge in [-0.2, -0.15) is 0 Å². The third kappa shape index (κ3) is 11.6. The smallest absolute Gasteiger partial charge is 0.494 e. The predicted octanol–water partition coefficient (Wildman–Crippen LogP) is 6.81. The lowest BCUT2D eigenvalue weighted by molar-refractivity contribution is -0.137. The van der Waals surface area contributed by atoms with Crippen LogP contribution in [0, 0.1) is 0 Å². The number of ether oxygens (including phenoxy) is 2. The molecule has 1 aromatic carbocycles. The summed E-state index contributed by atoms with van der Waals surface area (Å²) in [5.41, 5.74) is 1.23. The second-order valence-corrected chi connectivity index (χ2v) is 11.0. The van der Waals surface area contributed by atoms with E-state index in [-0.39, 0.29) is 5.97 Å². The second kappa shape index (κ2) is 18.6. The molecule has 0 aromatic heterocycles. The Morgan fingerprint density at radius 2 is 1.50 bits per heavy atom. The number of benzene rings is 1. The van der Waals surface area contributed by atoms with Gasteiger partial charge >= 0.3 is 14.8 Å². The lowest BCUT2D eigenvalue weighted by Crippen LogP contribution is -2.50. The largest absolute Gasteiger partial charge is 0.504 e. The summed E-state index contributed by atoms with van der Waals surface area (Å²) in [5.74, 6) is 0.535. The lowest BCUT2D eigenvalue weighted by Gasteiger charge is -2.35. The summed E-state index contributed by atoms with van der Waals surface area (Å²) in [5, 5.41) is 0. The molecule has 0 aliphatic carbocycles. The maximum absolute atomic E-state index is 12.0. The standard InChI is InChI=1S/C27H46O6Si/c1-6-11-22-29-25-19-16-24(17-20-25)18-21-27(28)30-23-14-12-13-15-26(7-2)34(31-8-3,32-9-4)33-10-5/h16-21,26H,6-15,22-23H2,1-5H3/b21-18+. The molecule has 0 heterocycles. The molecule has 0 spiro atoms. The van der Waals surface area contributed by atoms with Crippen molar-refractivity contribution in [1.82, 2.24) is 0 Å². The van der Waals surface area contributed by atoms with Gasteiger partial charge in [0.2, 0.25) is 0 Å². The molecule has 0 saturated carbocycles. The molecule has 0 aliphatic rings. The van der Waals surface area contributed by atoms with Gasteiger partial charge in [-0.25, -0.2) is 4.79 Å². The average Bonchev–Trinajstić information content (AvgIpc) is 2.83. The highest BCUT2D eigenvalue weighted by atomic mass is 28.4. The number of carbonyl (C=O) groups excluding carboxylic acids is 1. The SMILES string of the molecule is CCCCOc1ccc(/C=C/C(=O)OCCCCCC(CC)[Si](OCC)(OCC)OCC)cc1. The molecular weight excluding hydrogens is 448 g/mol. The van der Waals surface area contributed by atoms with Crippen LogP contribution in [-0.2, 0) is 22.8 Å². The van der Waals surface area contributed by atoms with Crippen LogP contribution in [0.2, 0.25) is 5.54 Å². The topological polar surface area (TPSA) is 63.2 Å². The number of unbranched alkanes of at least 4 members (excludes halogenated alkanes) is 3. The molecule has 1 aromatic rings. The fraction of sp³-hybridized carbons (Fsp3) is 0.667. The van der Waals surface area contributed by atoms with Crippen LogP contribution in [-0.4, -0.2) is 47.8 Å². The van der Waals surface area contributed by atoms with E-state index in [1.807, 2.05) is 45.0 Å². The van der Waals surface area contributed by atoms with Gasteiger partial charge in [0.05, 0.1) is 13.2 Å². The molecule has 1 unspecified atom stereocenters. The first-order chi connectivity index (χ1) is 16.5. The molecule has 1 atom stereocenters. The molecule has 6 nitrogen and oxygen atoms in total. The van der Waals surface area contributed by atoms with Gasteiger partial charge in [0.1, 0.15) is 5.75 Å². The number of carbonyl (C=O) groups is 1. The minimum absolute atomic E-state index is 0.293. The Kier molecular flexibility index (Phi) is 16.6. The van der Waals surface area contributed by atoms with Gasteiger partial charge < -0.3 is 22.8 Å². The molecule has 194 valence electrons. The summed E-state index contributed by atoms with van der Waals surface area (Å²) >= 11 is 0. The number of esters is 1. The maximum atomic E-state index is 12.0. The highest BCUT2D eigenvalue weighted by Gasteiger charge is 2.47. The molecule has 1 rings (SSSR count). The predicted molar refractivity (Wildman–Crippen MR) is 140 cm³/mol. The fourth-order valence-corrected chi connectivity index (χ4v) is 7.00. The van der Waals surface area contributed by atoms with E-state index in [0.717, 1.165) is 62.9 Å². The van der Waals surface area contributed by atoms with Crippen molar-refractivity contribution in [3.8, 4) is 5.75 Å². The Labute approximate surface area is 208 Å². The molecular formula is C27H46O6Si. The zero-order valence-electron chi connectivity index (χ0n) is 22.0. The normalized spacial score (nSPS) is 12.7. The molecule has 7 heteroatoms. The summed E-state index contributed by atoms with van der Waals surface area (Å²) in [7, 11) is -2.67. The monoisotopic (exact) mass is 494 g/mol. The fourth-order valence-electron chi connectivity index (χ4n) is 3.78. The van der Waals surface area contributed by atoms with Gasteiger partial charge in [0.15, 0.2) is 0 Å². The van der Waals surface area contributed by atoms with E-state index in [1.54, 1.807) is 6.08 Å². The van der Waals surface area contributed by atoms with E-state index in [1.165, 1.54) is 6.08 Å². The maximum Gasteiger partial charge on any atom is 0.504 e. The Balaban J connectivity index is 2.35. The zero-order valence-corrected chi connectivity index (χ0v) is 23.0. The van der Waals surface area contributed by atoms with Crippen molar-refractivity contribution in [3.63, 3.8) is 0 Å². The average molecular weight is 495 g/mol. The molecule has 0 bridgehead atoms. The van der Waals surface area contributed by atoms with E-state index in [9.17, 15) is 4.79 Å². The van der Waals surface area contributed by atoms with Crippen molar-refractivity contribution in [2.75, 3.05) is 33.0 Å². The van der Waals surface area contributed by atoms with Gasteiger partial charge in [0.25, 0.3) is 0 Å². The molecule has 0 amide bonds. The second-order valence-electron chi connectivity index (χ2n) is 8.13. The van der Waals surface area contributed by atoms with Crippen LogP contribution in [0.3, 0.4) is 0 Å². The van der Waals surface area contributed by atoms with Gasteiger partial charge in [-0.15, -0.1) is 0 Å². The third-order valence-electron chi connectivity index (χ3n) is 5.53. The van der Waals surface area contributed by atoms with Crippen LogP contribution >= 0.6 is 0 Å². The Morgan fingerprint density at radius 3 is 2.06 bits per heavy atom. The van der Waals surface area contributed by atoms with Crippen LogP contribution in [0.5, 0.6) is 5.75 Å². The van der Waals surface area contributed by atoms with Gasteiger partial charge in [-0.05, 0) is 70.2 Å². The quantitative estimate of drug-likeness (QED) is 0.0858. The lowest BCUT2D eigenvalue weighted by atomic mass is 10.1. The summed E-state index contributed by atoms with van der Waals surface area (Å²) in [6, 6.07) is 7.71. The van der Waals surface area contributed by atoms with E-state index in [2.05, 4.69) is 13.8 Å². The Bertz CT molecular complexity index is 659. The number of hydrogen-bond donors (Lipinski definition) is 0. The van der Waals surface area contributed by atoms with E-state index in [0.29, 0.717) is 32.0 Å². The van der Waals surface area contributed by atoms with Crippen LogP contribution in [0.4, 0.5) is 0 Å². The van der Waals surface area contributed by atoms with Crippen LogP contribution in [0.1, 0.15) is 85.1 Å². The van der Waals surface area contributed by atoms with Crippen molar-refractivity contribution < 1.29 is 27.5 Å². The third-order valence-corrected chi connectivity index (χ3v) is 9.30. The Hall–Kier alpha value is -1.67. The first kappa shape index (κ1) is 30.4. The molecule has 0 aliphatic heterocycles.